The number of anilines is 2. The molecule has 0 aliphatic rings. The van der Waals surface area contributed by atoms with E-state index in [0.29, 0.717) is 11.4 Å². The van der Waals surface area contributed by atoms with Gasteiger partial charge in [0.15, 0.2) is 0 Å². The molecule has 0 saturated heterocycles. The Labute approximate surface area is 217 Å². The average molecular weight is 517 g/mol. The third-order valence-corrected chi connectivity index (χ3v) is 8.39. The van der Waals surface area contributed by atoms with Gasteiger partial charge in [-0.1, -0.05) is 65.9 Å². The molecule has 0 heterocycles. The first kappa shape index (κ1) is 25.5. The van der Waals surface area contributed by atoms with Crippen molar-refractivity contribution in [1.82, 2.24) is 0 Å². The number of hydrogen-bond donors (Lipinski definition) is 1. The van der Waals surface area contributed by atoms with Gasteiger partial charge in [-0.3, -0.25) is 9.10 Å². The van der Waals surface area contributed by atoms with Crippen LogP contribution >= 0.6 is 11.8 Å². The molecule has 0 atom stereocenters. The smallest absolute Gasteiger partial charge is 0.264 e. The van der Waals surface area contributed by atoms with Crippen molar-refractivity contribution < 1.29 is 13.2 Å². The van der Waals surface area contributed by atoms with Gasteiger partial charge in [0.2, 0.25) is 5.91 Å². The van der Waals surface area contributed by atoms with Crippen LogP contribution in [0.25, 0.3) is 0 Å². The van der Waals surface area contributed by atoms with Gasteiger partial charge in [-0.2, -0.15) is 0 Å². The van der Waals surface area contributed by atoms with Crippen LogP contribution in [0.4, 0.5) is 11.4 Å². The zero-order valence-corrected chi connectivity index (χ0v) is 22.1. The van der Waals surface area contributed by atoms with E-state index in [1.165, 1.54) is 16.1 Å². The highest BCUT2D eigenvalue weighted by atomic mass is 32.2. The summed E-state index contributed by atoms with van der Waals surface area (Å²) >= 11 is 1.53. The van der Waals surface area contributed by atoms with E-state index in [1.54, 1.807) is 36.4 Å². The molecule has 0 aromatic heterocycles. The number of carbonyl (C=O) groups excluding carboxylic acids is 1. The quantitative estimate of drug-likeness (QED) is 0.287. The van der Waals surface area contributed by atoms with E-state index in [9.17, 15) is 13.2 Å². The third kappa shape index (κ3) is 6.17. The summed E-state index contributed by atoms with van der Waals surface area (Å²) in [5.41, 5.74) is 3.87. The summed E-state index contributed by atoms with van der Waals surface area (Å²) in [6.07, 6.45) is 0. The highest BCUT2D eigenvalue weighted by molar-refractivity contribution is 7.99. The molecule has 4 rings (SSSR count). The van der Waals surface area contributed by atoms with Gasteiger partial charge in [-0.05, 0) is 80.4 Å². The zero-order chi connectivity index (χ0) is 25.7. The molecule has 0 radical (unpaired) electrons. The van der Waals surface area contributed by atoms with E-state index >= 15 is 0 Å². The summed E-state index contributed by atoms with van der Waals surface area (Å²) in [6.45, 7) is 5.36. The lowest BCUT2D eigenvalue weighted by atomic mass is 10.1. The summed E-state index contributed by atoms with van der Waals surface area (Å²) in [5, 5.41) is 2.93. The van der Waals surface area contributed by atoms with Crippen molar-refractivity contribution in [3.63, 3.8) is 0 Å². The predicted molar refractivity (Wildman–Crippen MR) is 147 cm³/mol. The van der Waals surface area contributed by atoms with E-state index in [1.807, 2.05) is 81.4 Å². The van der Waals surface area contributed by atoms with Crippen LogP contribution in [0.15, 0.2) is 112 Å². The van der Waals surface area contributed by atoms with E-state index in [2.05, 4.69) is 5.32 Å². The van der Waals surface area contributed by atoms with Gasteiger partial charge in [0.1, 0.15) is 6.54 Å². The number of aryl methyl sites for hydroxylation is 3. The number of hydrogen-bond acceptors (Lipinski definition) is 4. The van der Waals surface area contributed by atoms with Gasteiger partial charge in [-0.25, -0.2) is 8.42 Å². The van der Waals surface area contributed by atoms with Crippen molar-refractivity contribution in [3.05, 3.63) is 114 Å². The van der Waals surface area contributed by atoms with Crippen molar-refractivity contribution in [2.45, 2.75) is 35.5 Å². The van der Waals surface area contributed by atoms with E-state index < -0.39 is 15.9 Å². The molecule has 4 aromatic rings. The maximum atomic E-state index is 13.7. The molecule has 0 aliphatic heterocycles. The van der Waals surface area contributed by atoms with Gasteiger partial charge in [0.05, 0.1) is 16.3 Å². The number of nitrogens with one attached hydrogen (secondary N) is 1. The van der Waals surface area contributed by atoms with Crippen molar-refractivity contribution in [2.75, 3.05) is 16.2 Å². The number of para-hydroxylation sites is 1. The Morgan fingerprint density at radius 2 is 1.39 bits per heavy atom. The van der Waals surface area contributed by atoms with E-state index in [0.717, 1.165) is 26.5 Å². The van der Waals surface area contributed by atoms with Crippen LogP contribution in [0.3, 0.4) is 0 Å². The minimum Gasteiger partial charge on any atom is -0.323 e. The molecule has 0 spiro atoms. The zero-order valence-electron chi connectivity index (χ0n) is 20.4. The molecule has 5 nitrogen and oxygen atoms in total. The molecule has 1 N–H and O–H groups in total. The van der Waals surface area contributed by atoms with Crippen LogP contribution in [0, 0.1) is 20.8 Å². The summed E-state index contributed by atoms with van der Waals surface area (Å²) in [6, 6.07) is 29.6. The number of amides is 1. The Bertz CT molecular complexity index is 1450. The van der Waals surface area contributed by atoms with Crippen LogP contribution in [0.2, 0.25) is 0 Å². The summed E-state index contributed by atoms with van der Waals surface area (Å²) in [5.74, 6) is -0.425. The fourth-order valence-corrected chi connectivity index (χ4v) is 6.17. The van der Waals surface area contributed by atoms with Crippen LogP contribution < -0.4 is 9.62 Å². The Morgan fingerprint density at radius 1 is 0.778 bits per heavy atom. The predicted octanol–water partition coefficient (Wildman–Crippen LogP) is 6.60. The van der Waals surface area contributed by atoms with Gasteiger partial charge in [0.25, 0.3) is 10.0 Å². The first-order valence-electron chi connectivity index (χ1n) is 11.5. The van der Waals surface area contributed by atoms with Crippen molar-refractivity contribution in [3.8, 4) is 0 Å². The molecular weight excluding hydrogens is 488 g/mol. The maximum Gasteiger partial charge on any atom is 0.264 e. The fraction of sp³-hybridized carbons (Fsp3) is 0.138. The van der Waals surface area contributed by atoms with Gasteiger partial charge < -0.3 is 5.32 Å². The highest BCUT2D eigenvalue weighted by Gasteiger charge is 2.28. The SMILES string of the molecule is Cc1ccc(S(=O)(=O)N(CC(=O)Nc2ccccc2Sc2ccccc2)c2cc(C)cc(C)c2)cc1. The summed E-state index contributed by atoms with van der Waals surface area (Å²) in [7, 11) is -3.98. The lowest BCUT2D eigenvalue weighted by Crippen LogP contribution is -2.38. The van der Waals surface area contributed by atoms with Gasteiger partial charge in [0, 0.05) is 9.79 Å². The molecule has 36 heavy (non-hydrogen) atoms. The van der Waals surface area contributed by atoms with Crippen molar-refractivity contribution in [2.24, 2.45) is 0 Å². The number of carbonyl (C=O) groups is 1. The number of nitrogens with zero attached hydrogens (tertiary/aromatic N) is 1. The number of sulfonamides is 1. The van der Waals surface area contributed by atoms with Crippen LogP contribution in [0.1, 0.15) is 16.7 Å². The summed E-state index contributed by atoms with van der Waals surface area (Å²) in [4.78, 5) is 15.3. The monoisotopic (exact) mass is 516 g/mol. The third-order valence-electron chi connectivity index (χ3n) is 5.52. The molecule has 0 unspecified atom stereocenters. The highest BCUT2D eigenvalue weighted by Crippen LogP contribution is 2.33. The van der Waals surface area contributed by atoms with Crippen LogP contribution in [0.5, 0.6) is 0 Å². The molecular formula is C29H28N2O3S2. The minimum absolute atomic E-state index is 0.139. The molecule has 184 valence electrons. The Hall–Kier alpha value is -3.55. The van der Waals surface area contributed by atoms with Gasteiger partial charge >= 0.3 is 0 Å². The maximum absolute atomic E-state index is 13.7. The molecule has 0 fully saturated rings. The second-order valence-electron chi connectivity index (χ2n) is 8.63. The largest absolute Gasteiger partial charge is 0.323 e. The number of rotatable bonds is 8. The first-order valence-corrected chi connectivity index (χ1v) is 13.8. The molecule has 1 amide bonds. The van der Waals surface area contributed by atoms with Crippen LogP contribution in [-0.4, -0.2) is 20.9 Å². The van der Waals surface area contributed by atoms with Crippen LogP contribution in [-0.2, 0) is 14.8 Å². The molecule has 4 aromatic carbocycles. The topological polar surface area (TPSA) is 66.5 Å². The Morgan fingerprint density at radius 3 is 2.06 bits per heavy atom. The second kappa shape index (κ2) is 11.0. The standard InChI is InChI=1S/C29H28N2O3S2/c1-21-13-15-26(16-14-21)36(33,34)31(24-18-22(2)17-23(3)19-24)20-29(32)30-27-11-7-8-12-28(27)35-25-9-5-4-6-10-25/h4-19H,20H2,1-3H3,(H,30,32). The summed E-state index contributed by atoms with van der Waals surface area (Å²) < 4.78 is 28.6. The number of benzene rings is 4. The normalized spacial score (nSPS) is 11.2. The van der Waals surface area contributed by atoms with E-state index in [-0.39, 0.29) is 11.4 Å². The first-order chi connectivity index (χ1) is 17.2. The molecule has 0 aliphatic carbocycles. The lowest BCUT2D eigenvalue weighted by Gasteiger charge is -2.25. The molecule has 7 heteroatoms. The lowest BCUT2D eigenvalue weighted by molar-refractivity contribution is -0.114. The van der Waals surface area contributed by atoms with Gasteiger partial charge in [-0.15, -0.1) is 0 Å². The fourth-order valence-electron chi connectivity index (χ4n) is 3.84. The van der Waals surface area contributed by atoms with E-state index in [4.69, 9.17) is 0 Å². The van der Waals surface area contributed by atoms with Crippen molar-refractivity contribution >= 4 is 39.1 Å². The second-order valence-corrected chi connectivity index (χ2v) is 11.6. The average Bonchev–Trinajstić information content (AvgIpc) is 2.84. The Balaban J connectivity index is 1.65. The minimum atomic E-state index is -3.98. The molecule has 0 bridgehead atoms. The Kier molecular flexibility index (Phi) is 7.82. The van der Waals surface area contributed by atoms with Crippen molar-refractivity contribution in [1.29, 1.82) is 0 Å². The molecule has 0 saturated carbocycles.